The number of carboxylic acid groups (broad SMARTS) is 3. The first-order valence-corrected chi connectivity index (χ1v) is 13.0. The number of aromatic nitrogens is 1. The summed E-state index contributed by atoms with van der Waals surface area (Å²) in [4.78, 5) is 37.7. The Morgan fingerprint density at radius 3 is 1.82 bits per heavy atom. The van der Waals surface area contributed by atoms with Gasteiger partial charge >= 0.3 is 36.4 Å². The number of carbonyl (C=O) groups is 3. The van der Waals surface area contributed by atoms with Crippen LogP contribution in [0.15, 0.2) is 41.9 Å². The van der Waals surface area contributed by atoms with E-state index in [0.29, 0.717) is 18.8 Å². The van der Waals surface area contributed by atoms with E-state index in [1.807, 2.05) is 35.7 Å². The number of halogens is 9. The van der Waals surface area contributed by atoms with Crippen LogP contribution in [-0.2, 0) is 32.3 Å². The van der Waals surface area contributed by atoms with E-state index >= 15 is 0 Å². The van der Waals surface area contributed by atoms with E-state index in [2.05, 4.69) is 32.3 Å². The molecule has 2 aliphatic heterocycles. The molecule has 0 radical (unpaired) electrons. The van der Waals surface area contributed by atoms with Crippen molar-refractivity contribution in [2.24, 2.45) is 0 Å². The number of ether oxygens (including phenoxy) is 1. The van der Waals surface area contributed by atoms with E-state index < -0.39 is 36.4 Å². The van der Waals surface area contributed by atoms with Crippen molar-refractivity contribution in [3.8, 4) is 0 Å². The van der Waals surface area contributed by atoms with Gasteiger partial charge in [-0.05, 0) is 30.0 Å². The van der Waals surface area contributed by atoms with Crippen LogP contribution < -0.4 is 0 Å². The Morgan fingerprint density at radius 2 is 1.39 bits per heavy atom. The molecule has 4 heterocycles. The maximum Gasteiger partial charge on any atom is 0.490 e. The van der Waals surface area contributed by atoms with Gasteiger partial charge < -0.3 is 20.1 Å². The highest BCUT2D eigenvalue weighted by molar-refractivity contribution is 7.09. The Kier molecular flexibility index (Phi) is 15.0. The number of thiophene rings is 1. The van der Waals surface area contributed by atoms with Gasteiger partial charge in [-0.15, -0.1) is 11.3 Å². The summed E-state index contributed by atoms with van der Waals surface area (Å²) in [5, 5.41) is 23.5. The first-order chi connectivity index (χ1) is 20.2. The average molecular weight is 672 g/mol. The third-order valence-corrected chi connectivity index (χ3v) is 6.40. The van der Waals surface area contributed by atoms with Crippen LogP contribution in [0.5, 0.6) is 0 Å². The SMILES string of the molecule is O=C(O)C(F)(F)F.O=C(O)C(F)(F)F.O=C(O)C(F)(F)F.c1ccc(CO[C@H]2C[C@@H]3CN(Cc4cccs4)CCN3C2)nc1. The molecule has 20 heteroatoms. The van der Waals surface area contributed by atoms with Gasteiger partial charge in [0.2, 0.25) is 0 Å². The standard InChI is InChI=1S/C18H23N3OS.3C2HF3O2/c1-2-6-19-15(4-1)14-22-17-10-16-11-20(7-8-21(16)12-17)13-18-5-3-9-23-18;3*3-2(4,5)1(6)7/h1-6,9,16-17H,7-8,10-14H2;3*(H,6,7)/t16-,17+;;;/m1.../s1. The summed E-state index contributed by atoms with van der Waals surface area (Å²) in [6, 6.07) is 11.0. The fraction of sp³-hybridized carbons (Fsp3) is 0.500. The van der Waals surface area contributed by atoms with Gasteiger partial charge in [0.15, 0.2) is 0 Å². The molecule has 0 spiro atoms. The number of hydrogen-bond acceptors (Lipinski definition) is 8. The van der Waals surface area contributed by atoms with Gasteiger partial charge in [-0.1, -0.05) is 12.1 Å². The van der Waals surface area contributed by atoms with Gasteiger partial charge in [0.05, 0.1) is 18.4 Å². The van der Waals surface area contributed by atoms with E-state index in [1.165, 1.54) is 24.5 Å². The Bertz CT molecular complexity index is 1110. The average Bonchev–Trinajstić information content (AvgIpc) is 3.57. The smallest absolute Gasteiger partial charge is 0.475 e. The molecule has 4 rings (SSSR count). The minimum Gasteiger partial charge on any atom is -0.475 e. The van der Waals surface area contributed by atoms with Crippen LogP contribution in [0.1, 0.15) is 17.0 Å². The van der Waals surface area contributed by atoms with Crippen LogP contribution >= 0.6 is 11.3 Å². The first kappa shape index (κ1) is 38.5. The van der Waals surface area contributed by atoms with Crippen molar-refractivity contribution in [1.29, 1.82) is 0 Å². The molecule has 10 nitrogen and oxygen atoms in total. The van der Waals surface area contributed by atoms with Crippen LogP contribution in [-0.4, -0.2) is 105 Å². The monoisotopic (exact) mass is 671 g/mol. The summed E-state index contributed by atoms with van der Waals surface area (Å²) in [7, 11) is 0. The van der Waals surface area contributed by atoms with Crippen molar-refractivity contribution >= 4 is 29.2 Å². The molecule has 0 unspecified atom stereocenters. The van der Waals surface area contributed by atoms with Crippen LogP contribution in [0.2, 0.25) is 0 Å². The summed E-state index contributed by atoms with van der Waals surface area (Å²) >= 11 is 1.86. The second kappa shape index (κ2) is 17.1. The van der Waals surface area contributed by atoms with E-state index in [9.17, 15) is 39.5 Å². The number of piperazine rings is 1. The zero-order chi connectivity index (χ0) is 33.7. The molecule has 0 saturated carbocycles. The Morgan fingerprint density at radius 1 is 0.841 bits per heavy atom. The zero-order valence-corrected chi connectivity index (χ0v) is 23.1. The molecule has 0 aromatic carbocycles. The van der Waals surface area contributed by atoms with Crippen LogP contribution in [0.3, 0.4) is 0 Å². The van der Waals surface area contributed by atoms with Crippen LogP contribution in [0.25, 0.3) is 0 Å². The Hall–Kier alpha value is -3.49. The number of pyridine rings is 1. The summed E-state index contributed by atoms with van der Waals surface area (Å²) in [6.45, 7) is 6.30. The summed E-state index contributed by atoms with van der Waals surface area (Å²) in [5.74, 6) is -8.27. The van der Waals surface area contributed by atoms with E-state index in [4.69, 9.17) is 34.4 Å². The first-order valence-electron chi connectivity index (χ1n) is 12.1. The van der Waals surface area contributed by atoms with Gasteiger partial charge in [0.25, 0.3) is 0 Å². The highest BCUT2D eigenvalue weighted by atomic mass is 32.1. The maximum atomic E-state index is 10.6. The molecule has 2 atom stereocenters. The lowest BCUT2D eigenvalue weighted by Crippen LogP contribution is -2.49. The number of hydrogen-bond donors (Lipinski definition) is 3. The third-order valence-electron chi connectivity index (χ3n) is 5.54. The normalized spacial score (nSPS) is 18.8. The number of aliphatic carboxylic acids is 3. The minimum absolute atomic E-state index is 0.351. The molecule has 248 valence electrons. The van der Waals surface area contributed by atoms with Crippen molar-refractivity contribution in [2.45, 2.75) is 50.2 Å². The number of nitrogens with zero attached hydrogens (tertiary/aromatic N) is 3. The molecular formula is C24H26F9N3O7S. The fourth-order valence-electron chi connectivity index (χ4n) is 3.63. The third kappa shape index (κ3) is 15.3. The van der Waals surface area contributed by atoms with E-state index in [-0.39, 0.29) is 0 Å². The topological polar surface area (TPSA) is 140 Å². The highest BCUT2D eigenvalue weighted by Gasteiger charge is 2.40. The summed E-state index contributed by atoms with van der Waals surface area (Å²) < 4.78 is 101. The van der Waals surface area contributed by atoms with Crippen LogP contribution in [0.4, 0.5) is 39.5 Å². The lowest BCUT2D eigenvalue weighted by atomic mass is 10.1. The number of carboxylic acids is 3. The molecular weight excluding hydrogens is 645 g/mol. The maximum absolute atomic E-state index is 10.6. The van der Waals surface area contributed by atoms with Crippen molar-refractivity contribution in [3.05, 3.63) is 52.5 Å². The Labute approximate surface area is 247 Å². The molecule has 0 bridgehead atoms. The molecule has 2 aromatic heterocycles. The Balaban J connectivity index is 0.000000379. The second-order valence-electron chi connectivity index (χ2n) is 8.86. The van der Waals surface area contributed by atoms with Crippen molar-refractivity contribution < 1.29 is 74.0 Å². The molecule has 2 aliphatic rings. The van der Waals surface area contributed by atoms with Crippen LogP contribution in [0, 0.1) is 0 Å². The van der Waals surface area contributed by atoms with Crippen molar-refractivity contribution in [1.82, 2.24) is 14.8 Å². The minimum atomic E-state index is -5.08. The zero-order valence-electron chi connectivity index (χ0n) is 22.3. The molecule has 44 heavy (non-hydrogen) atoms. The summed E-state index contributed by atoms with van der Waals surface area (Å²) in [6.07, 6.45) is -11.9. The van der Waals surface area contributed by atoms with Gasteiger partial charge in [0, 0.05) is 49.8 Å². The second-order valence-corrected chi connectivity index (χ2v) is 9.89. The molecule has 2 fully saturated rings. The fourth-order valence-corrected chi connectivity index (χ4v) is 4.38. The number of fused-ring (bicyclic) bond motifs is 1. The molecule has 0 aliphatic carbocycles. The molecule has 2 saturated heterocycles. The lowest BCUT2D eigenvalue weighted by Gasteiger charge is -2.37. The van der Waals surface area contributed by atoms with Gasteiger partial charge in [-0.3, -0.25) is 14.8 Å². The molecule has 3 N–H and O–H groups in total. The van der Waals surface area contributed by atoms with Crippen molar-refractivity contribution in [2.75, 3.05) is 26.2 Å². The van der Waals surface area contributed by atoms with Crippen molar-refractivity contribution in [3.63, 3.8) is 0 Å². The predicted octanol–water partition coefficient (Wildman–Crippen LogP) is 4.52. The van der Waals surface area contributed by atoms with E-state index in [1.54, 1.807) is 0 Å². The quantitative estimate of drug-likeness (QED) is 0.389. The molecule has 2 aromatic rings. The largest absolute Gasteiger partial charge is 0.490 e. The van der Waals surface area contributed by atoms with E-state index in [0.717, 1.165) is 25.2 Å². The lowest BCUT2D eigenvalue weighted by molar-refractivity contribution is -0.193. The predicted molar refractivity (Wildman–Crippen MR) is 133 cm³/mol. The highest BCUT2D eigenvalue weighted by Crippen LogP contribution is 2.26. The number of rotatable bonds is 5. The summed E-state index contributed by atoms with van der Waals surface area (Å²) in [5.41, 5.74) is 1.02. The molecule has 0 amide bonds. The van der Waals surface area contributed by atoms with Gasteiger partial charge in [-0.25, -0.2) is 14.4 Å². The van der Waals surface area contributed by atoms with Gasteiger partial charge in [-0.2, -0.15) is 39.5 Å². The number of alkyl halides is 9. The van der Waals surface area contributed by atoms with Gasteiger partial charge in [0.1, 0.15) is 0 Å².